The molecule has 1 aliphatic heterocycles. The fraction of sp³-hybridized carbons (Fsp3) is 0.200. The van der Waals surface area contributed by atoms with Crippen LogP contribution in [0.2, 0.25) is 0 Å². The van der Waals surface area contributed by atoms with Gasteiger partial charge >= 0.3 is 0 Å². The first-order chi connectivity index (χ1) is 9.49. The molecule has 2 rings (SSSR count). The standard InChI is InChI=1S/C15H13BrF2NO.Y/c1-4-19-9(2)11(16)5-6-14(19)10-7-12(17)15(20-3)13(18)8-10;/h5,7-8H,2,4H2,1,3H3;/q-1;. The van der Waals surface area contributed by atoms with Gasteiger partial charge in [0.05, 0.1) is 7.11 Å². The molecule has 0 atom stereocenters. The molecule has 109 valence electrons. The zero-order valence-corrected chi connectivity index (χ0v) is 16.1. The summed E-state index contributed by atoms with van der Waals surface area (Å²) in [5.41, 5.74) is 1.68. The molecular formula is C15H13BrF2NOY-. The fourth-order valence-electron chi connectivity index (χ4n) is 2.04. The summed E-state index contributed by atoms with van der Waals surface area (Å²) in [4.78, 5) is 1.82. The Bertz CT molecular complexity index is 605. The van der Waals surface area contributed by atoms with E-state index in [9.17, 15) is 8.78 Å². The maximum absolute atomic E-state index is 13.8. The fourth-order valence-corrected chi connectivity index (χ4v) is 2.37. The van der Waals surface area contributed by atoms with Gasteiger partial charge < -0.3 is 9.64 Å². The van der Waals surface area contributed by atoms with Crippen LogP contribution in [-0.2, 0) is 32.7 Å². The third-order valence-electron chi connectivity index (χ3n) is 3.00. The van der Waals surface area contributed by atoms with Crippen molar-refractivity contribution >= 4 is 21.6 Å². The third kappa shape index (κ3) is 3.63. The van der Waals surface area contributed by atoms with E-state index in [2.05, 4.69) is 33.3 Å². The SMILES string of the molecule is C=C1C(Br)=C[C-]=C(c2cc(F)c(OC)c(F)c2)N1CC.[Y]. The molecule has 0 aliphatic carbocycles. The Hall–Kier alpha value is -0.516. The monoisotopic (exact) mass is 429 g/mol. The molecule has 0 unspecified atom stereocenters. The molecule has 2 nitrogen and oxygen atoms in total. The number of rotatable bonds is 3. The zero-order chi connectivity index (χ0) is 14.9. The van der Waals surface area contributed by atoms with Crippen molar-refractivity contribution in [1.82, 2.24) is 4.90 Å². The number of ether oxygens (including phenoxy) is 1. The molecule has 1 heterocycles. The second kappa shape index (κ2) is 7.66. The summed E-state index contributed by atoms with van der Waals surface area (Å²) in [6.45, 7) is 6.48. The van der Waals surface area contributed by atoms with Crippen LogP contribution in [-0.4, -0.2) is 18.6 Å². The average molecular weight is 430 g/mol. The number of benzene rings is 1. The summed E-state index contributed by atoms with van der Waals surface area (Å²) >= 11 is 3.36. The van der Waals surface area contributed by atoms with Crippen LogP contribution < -0.4 is 4.74 Å². The minimum absolute atomic E-state index is 0. The molecule has 1 aliphatic rings. The summed E-state index contributed by atoms with van der Waals surface area (Å²) in [6.07, 6.45) is 4.69. The van der Waals surface area contributed by atoms with E-state index in [0.717, 1.165) is 10.2 Å². The van der Waals surface area contributed by atoms with Gasteiger partial charge in [-0.3, -0.25) is 0 Å². The third-order valence-corrected chi connectivity index (χ3v) is 3.69. The van der Waals surface area contributed by atoms with E-state index in [1.807, 2.05) is 11.8 Å². The predicted octanol–water partition coefficient (Wildman–Crippen LogP) is 4.24. The number of hydrogen-bond acceptors (Lipinski definition) is 2. The van der Waals surface area contributed by atoms with Crippen molar-refractivity contribution in [1.29, 1.82) is 0 Å². The number of halogens is 3. The van der Waals surface area contributed by atoms with Crippen molar-refractivity contribution in [2.75, 3.05) is 13.7 Å². The maximum atomic E-state index is 13.8. The predicted molar refractivity (Wildman–Crippen MR) is 78.1 cm³/mol. The van der Waals surface area contributed by atoms with E-state index < -0.39 is 11.6 Å². The average Bonchev–Trinajstić information content (AvgIpc) is 2.41. The molecule has 21 heavy (non-hydrogen) atoms. The van der Waals surface area contributed by atoms with Crippen LogP contribution in [0.15, 0.2) is 35.0 Å². The Kier molecular flexibility index (Phi) is 6.76. The topological polar surface area (TPSA) is 12.5 Å². The minimum atomic E-state index is -0.743. The largest absolute Gasteiger partial charge is 0.491 e. The molecule has 0 saturated carbocycles. The van der Waals surface area contributed by atoms with Gasteiger partial charge in [0.15, 0.2) is 17.4 Å². The van der Waals surface area contributed by atoms with Crippen molar-refractivity contribution in [3.8, 4) is 5.75 Å². The Labute approximate surface area is 156 Å². The summed E-state index contributed by atoms with van der Waals surface area (Å²) in [6, 6.07) is 2.46. The van der Waals surface area contributed by atoms with E-state index >= 15 is 0 Å². The molecule has 1 aromatic carbocycles. The number of hydrogen-bond donors (Lipinski definition) is 0. The van der Waals surface area contributed by atoms with E-state index in [4.69, 9.17) is 0 Å². The van der Waals surface area contributed by atoms with Crippen molar-refractivity contribution in [3.05, 3.63) is 58.2 Å². The Morgan fingerprint density at radius 1 is 1.33 bits per heavy atom. The van der Waals surface area contributed by atoms with Crippen LogP contribution >= 0.6 is 15.9 Å². The second-order valence-electron chi connectivity index (χ2n) is 4.15. The van der Waals surface area contributed by atoms with E-state index in [-0.39, 0.29) is 38.5 Å². The van der Waals surface area contributed by atoms with Crippen molar-refractivity contribution < 1.29 is 46.2 Å². The van der Waals surface area contributed by atoms with Gasteiger partial charge in [-0.15, -0.1) is 15.9 Å². The summed E-state index contributed by atoms with van der Waals surface area (Å²) in [5.74, 6) is -1.87. The summed E-state index contributed by atoms with van der Waals surface area (Å²) in [7, 11) is 1.23. The molecule has 1 aromatic rings. The van der Waals surface area contributed by atoms with Gasteiger partial charge in [0, 0.05) is 39.3 Å². The Morgan fingerprint density at radius 3 is 2.38 bits per heavy atom. The number of likely N-dealkylation sites (N-methyl/N-ethyl adjacent to an activating group) is 1. The number of nitrogens with zero attached hydrogens (tertiary/aromatic N) is 1. The normalized spacial score (nSPS) is 14.3. The van der Waals surface area contributed by atoms with Gasteiger partial charge in [0.2, 0.25) is 0 Å². The first-order valence-electron chi connectivity index (χ1n) is 5.99. The second-order valence-corrected chi connectivity index (χ2v) is 5.00. The van der Waals surface area contributed by atoms with Crippen LogP contribution in [0.25, 0.3) is 5.70 Å². The molecule has 0 aromatic heterocycles. The van der Waals surface area contributed by atoms with Gasteiger partial charge in [0.1, 0.15) is 0 Å². The van der Waals surface area contributed by atoms with Gasteiger partial charge in [-0.1, -0.05) is 34.5 Å². The van der Waals surface area contributed by atoms with Crippen molar-refractivity contribution in [2.24, 2.45) is 0 Å². The van der Waals surface area contributed by atoms with Gasteiger partial charge in [-0.2, -0.15) is 12.2 Å². The van der Waals surface area contributed by atoms with Crippen LogP contribution in [0.5, 0.6) is 5.75 Å². The van der Waals surface area contributed by atoms with Crippen molar-refractivity contribution in [3.63, 3.8) is 0 Å². The van der Waals surface area contributed by atoms with Crippen molar-refractivity contribution in [2.45, 2.75) is 6.92 Å². The molecule has 0 saturated heterocycles. The van der Waals surface area contributed by atoms with Gasteiger partial charge in [-0.25, -0.2) is 8.78 Å². The van der Waals surface area contributed by atoms with Crippen LogP contribution in [0, 0.1) is 17.7 Å². The molecule has 0 fully saturated rings. The first kappa shape index (κ1) is 18.5. The van der Waals surface area contributed by atoms with E-state index in [1.54, 1.807) is 6.08 Å². The van der Waals surface area contributed by atoms with Crippen LogP contribution in [0.4, 0.5) is 8.78 Å². The Morgan fingerprint density at radius 2 is 1.90 bits per heavy atom. The van der Waals surface area contributed by atoms with E-state index in [1.165, 1.54) is 19.2 Å². The molecule has 6 heteroatoms. The molecule has 0 amide bonds. The minimum Gasteiger partial charge on any atom is -0.491 e. The van der Waals surface area contributed by atoms with Crippen LogP contribution in [0.1, 0.15) is 12.5 Å². The van der Waals surface area contributed by atoms with Gasteiger partial charge in [0.25, 0.3) is 0 Å². The number of methoxy groups -OCH3 is 1. The number of allylic oxidation sites excluding steroid dienone is 3. The zero-order valence-electron chi connectivity index (χ0n) is 11.7. The summed E-state index contributed by atoms with van der Waals surface area (Å²) in [5, 5.41) is 0. The molecule has 0 N–H and O–H groups in total. The Balaban J connectivity index is 0.00000220. The first-order valence-corrected chi connectivity index (χ1v) is 6.78. The molecule has 1 radical (unpaired) electrons. The van der Waals surface area contributed by atoms with Gasteiger partial charge in [-0.05, 0) is 12.6 Å². The quantitative estimate of drug-likeness (QED) is 0.666. The maximum Gasteiger partial charge on any atom is 0.188 e. The summed E-state index contributed by atoms with van der Waals surface area (Å²) < 4.78 is 33.1. The smallest absolute Gasteiger partial charge is 0.188 e. The van der Waals surface area contributed by atoms with E-state index in [0.29, 0.717) is 17.8 Å². The molecular weight excluding hydrogens is 417 g/mol. The molecule has 0 bridgehead atoms. The molecule has 0 spiro atoms. The van der Waals surface area contributed by atoms with Crippen LogP contribution in [0.3, 0.4) is 0 Å².